The first-order chi connectivity index (χ1) is 16.1. The van der Waals surface area contributed by atoms with Crippen molar-refractivity contribution in [1.82, 2.24) is 10.2 Å². The van der Waals surface area contributed by atoms with E-state index in [0.717, 1.165) is 36.0 Å². The van der Waals surface area contributed by atoms with Gasteiger partial charge in [-0.3, -0.25) is 14.5 Å². The minimum absolute atomic E-state index is 0.0289. The molecule has 6 heteroatoms. The summed E-state index contributed by atoms with van der Waals surface area (Å²) >= 11 is 3.47. The molecule has 1 heterocycles. The third-order valence-electron chi connectivity index (χ3n) is 5.92. The van der Waals surface area contributed by atoms with E-state index in [1.807, 2.05) is 54.6 Å². The summed E-state index contributed by atoms with van der Waals surface area (Å²) in [6.07, 6.45) is 1.83. The topological polar surface area (TPSA) is 61.4 Å². The smallest absolute Gasteiger partial charge is 0.253 e. The lowest BCUT2D eigenvalue weighted by atomic mass is 9.96. The second-order valence-corrected chi connectivity index (χ2v) is 9.32. The molecule has 0 aliphatic carbocycles. The van der Waals surface area contributed by atoms with Crippen LogP contribution in [-0.4, -0.2) is 29.8 Å². The first-order valence-electron chi connectivity index (χ1n) is 11.3. The predicted octanol–water partition coefficient (Wildman–Crippen LogP) is 5.23. The number of hydrogen-bond acceptors (Lipinski definition) is 3. The van der Waals surface area contributed by atoms with Crippen LogP contribution in [0.2, 0.25) is 0 Å². The van der Waals surface area contributed by atoms with E-state index in [4.69, 9.17) is 0 Å². The van der Waals surface area contributed by atoms with Gasteiger partial charge in [0.05, 0.1) is 17.2 Å². The minimum atomic E-state index is -0.199. The summed E-state index contributed by atoms with van der Waals surface area (Å²) in [6.45, 7) is 2.97. The molecule has 2 amide bonds. The molecule has 1 aliphatic rings. The number of halogens is 1. The SMILES string of the molecule is O=C(NCc1ccccc1)c1ccccc1NC(=O)C1CCCN(Cc2ccc(Br)cc2)C1. The van der Waals surface area contributed by atoms with Crippen LogP contribution in [0.15, 0.2) is 83.3 Å². The lowest BCUT2D eigenvalue weighted by Gasteiger charge is -2.32. The van der Waals surface area contributed by atoms with Crippen LogP contribution in [0.25, 0.3) is 0 Å². The second kappa shape index (κ2) is 11.3. The Morgan fingerprint density at radius 1 is 0.909 bits per heavy atom. The Labute approximate surface area is 203 Å². The van der Waals surface area contributed by atoms with Crippen LogP contribution in [0.4, 0.5) is 5.69 Å². The second-order valence-electron chi connectivity index (χ2n) is 8.40. The van der Waals surface area contributed by atoms with Crippen molar-refractivity contribution >= 4 is 33.4 Å². The third-order valence-corrected chi connectivity index (χ3v) is 6.45. The van der Waals surface area contributed by atoms with Crippen LogP contribution in [0.3, 0.4) is 0 Å². The zero-order chi connectivity index (χ0) is 23.0. The highest BCUT2D eigenvalue weighted by Gasteiger charge is 2.26. The van der Waals surface area contributed by atoms with Crippen LogP contribution in [-0.2, 0) is 17.9 Å². The maximum absolute atomic E-state index is 13.1. The number of nitrogens with one attached hydrogen (secondary N) is 2. The molecular weight excluding hydrogens is 478 g/mol. The van der Waals surface area contributed by atoms with E-state index in [2.05, 4.69) is 43.6 Å². The van der Waals surface area contributed by atoms with E-state index >= 15 is 0 Å². The maximum Gasteiger partial charge on any atom is 0.253 e. The molecule has 1 aliphatic heterocycles. The van der Waals surface area contributed by atoms with Crippen molar-refractivity contribution in [2.24, 2.45) is 5.92 Å². The number of piperidine rings is 1. The average molecular weight is 506 g/mol. The molecule has 1 atom stereocenters. The average Bonchev–Trinajstić information content (AvgIpc) is 2.85. The number of benzene rings is 3. The van der Waals surface area contributed by atoms with Crippen molar-refractivity contribution in [1.29, 1.82) is 0 Å². The van der Waals surface area contributed by atoms with Crippen LogP contribution >= 0.6 is 15.9 Å². The molecule has 2 N–H and O–H groups in total. The molecule has 1 fully saturated rings. The summed E-state index contributed by atoms with van der Waals surface area (Å²) in [5.41, 5.74) is 3.29. The third kappa shape index (κ3) is 6.53. The number of nitrogens with zero attached hydrogens (tertiary/aromatic N) is 1. The van der Waals surface area contributed by atoms with Gasteiger partial charge in [-0.2, -0.15) is 0 Å². The Kier molecular flexibility index (Phi) is 7.92. The van der Waals surface area contributed by atoms with Crippen LogP contribution < -0.4 is 10.6 Å². The molecule has 0 saturated carbocycles. The molecule has 3 aromatic rings. The monoisotopic (exact) mass is 505 g/mol. The molecular formula is C27H28BrN3O2. The van der Waals surface area contributed by atoms with Gasteiger partial charge in [-0.05, 0) is 54.8 Å². The van der Waals surface area contributed by atoms with E-state index < -0.39 is 0 Å². The van der Waals surface area contributed by atoms with Gasteiger partial charge in [-0.1, -0.05) is 70.5 Å². The highest BCUT2D eigenvalue weighted by molar-refractivity contribution is 9.10. The Bertz CT molecular complexity index is 1090. The Hall–Kier alpha value is -2.96. The van der Waals surface area contributed by atoms with E-state index in [-0.39, 0.29) is 17.7 Å². The van der Waals surface area contributed by atoms with Crippen molar-refractivity contribution in [3.8, 4) is 0 Å². The summed E-state index contributed by atoms with van der Waals surface area (Å²) in [5.74, 6) is -0.330. The van der Waals surface area contributed by atoms with Gasteiger partial charge in [-0.25, -0.2) is 0 Å². The molecule has 4 rings (SSSR count). The zero-order valence-corrected chi connectivity index (χ0v) is 20.1. The van der Waals surface area contributed by atoms with Crippen LogP contribution in [0.1, 0.15) is 34.3 Å². The lowest BCUT2D eigenvalue weighted by molar-refractivity contribution is -0.121. The van der Waals surface area contributed by atoms with Crippen LogP contribution in [0.5, 0.6) is 0 Å². The molecule has 33 heavy (non-hydrogen) atoms. The predicted molar refractivity (Wildman–Crippen MR) is 135 cm³/mol. The fraction of sp³-hybridized carbons (Fsp3) is 0.259. The lowest BCUT2D eigenvalue weighted by Crippen LogP contribution is -2.40. The first-order valence-corrected chi connectivity index (χ1v) is 12.1. The zero-order valence-electron chi connectivity index (χ0n) is 18.5. The highest BCUT2D eigenvalue weighted by Crippen LogP contribution is 2.23. The van der Waals surface area contributed by atoms with E-state index in [1.165, 1.54) is 5.56 Å². The van der Waals surface area contributed by atoms with Crippen molar-refractivity contribution in [2.45, 2.75) is 25.9 Å². The molecule has 1 saturated heterocycles. The molecule has 3 aromatic carbocycles. The standard InChI is InChI=1S/C27H28BrN3O2/c28-23-14-12-21(13-15-23)18-31-16-6-9-22(19-31)26(32)30-25-11-5-4-10-24(25)27(33)29-17-20-7-2-1-3-8-20/h1-5,7-8,10-15,22H,6,9,16-19H2,(H,29,33)(H,30,32). The van der Waals surface area contributed by atoms with Gasteiger partial charge in [0.15, 0.2) is 0 Å². The van der Waals surface area contributed by atoms with Gasteiger partial charge in [0.1, 0.15) is 0 Å². The quantitative estimate of drug-likeness (QED) is 0.462. The van der Waals surface area contributed by atoms with Gasteiger partial charge >= 0.3 is 0 Å². The molecule has 1 unspecified atom stereocenters. The number of rotatable bonds is 7. The number of amides is 2. The summed E-state index contributed by atoms with van der Waals surface area (Å²) < 4.78 is 1.06. The fourth-order valence-electron chi connectivity index (χ4n) is 4.16. The molecule has 170 valence electrons. The molecule has 0 bridgehead atoms. The van der Waals surface area contributed by atoms with Crippen molar-refractivity contribution in [3.05, 3.63) is 100 Å². The number of para-hydroxylation sites is 1. The first kappa shape index (κ1) is 23.2. The van der Waals surface area contributed by atoms with Gasteiger partial charge in [0.25, 0.3) is 5.91 Å². The maximum atomic E-state index is 13.1. The minimum Gasteiger partial charge on any atom is -0.348 e. The van der Waals surface area contributed by atoms with Crippen molar-refractivity contribution in [2.75, 3.05) is 18.4 Å². The fourth-order valence-corrected chi connectivity index (χ4v) is 4.42. The van der Waals surface area contributed by atoms with Gasteiger partial charge in [-0.15, -0.1) is 0 Å². The normalized spacial score (nSPS) is 16.2. The van der Waals surface area contributed by atoms with E-state index in [1.54, 1.807) is 12.1 Å². The Morgan fingerprint density at radius 3 is 2.42 bits per heavy atom. The van der Waals surface area contributed by atoms with Crippen molar-refractivity contribution in [3.63, 3.8) is 0 Å². The van der Waals surface area contributed by atoms with Gasteiger partial charge in [0.2, 0.25) is 5.91 Å². The molecule has 0 radical (unpaired) electrons. The number of likely N-dealkylation sites (tertiary alicyclic amines) is 1. The largest absolute Gasteiger partial charge is 0.348 e. The number of anilines is 1. The number of carbonyl (C=O) groups is 2. The summed E-state index contributed by atoms with van der Waals surface area (Å²) in [4.78, 5) is 28.2. The summed E-state index contributed by atoms with van der Waals surface area (Å²) in [7, 11) is 0. The van der Waals surface area contributed by atoms with E-state index in [9.17, 15) is 9.59 Å². The highest BCUT2D eigenvalue weighted by atomic mass is 79.9. The molecule has 5 nitrogen and oxygen atoms in total. The number of hydrogen-bond donors (Lipinski definition) is 2. The van der Waals surface area contributed by atoms with Crippen molar-refractivity contribution < 1.29 is 9.59 Å². The summed E-state index contributed by atoms with van der Waals surface area (Å²) in [5, 5.41) is 5.96. The van der Waals surface area contributed by atoms with Crippen LogP contribution in [0, 0.1) is 5.92 Å². The number of carbonyl (C=O) groups excluding carboxylic acids is 2. The summed E-state index contributed by atoms with van der Waals surface area (Å²) in [6, 6.07) is 25.3. The Morgan fingerprint density at radius 2 is 1.64 bits per heavy atom. The molecule has 0 spiro atoms. The van der Waals surface area contributed by atoms with Gasteiger partial charge < -0.3 is 10.6 Å². The molecule has 0 aromatic heterocycles. The van der Waals surface area contributed by atoms with Gasteiger partial charge in [0, 0.05) is 24.1 Å². The van der Waals surface area contributed by atoms with E-state index in [0.29, 0.717) is 24.3 Å². The Balaban J connectivity index is 1.36.